The number of amides is 1. The highest BCUT2D eigenvalue weighted by atomic mass is 35.5. The van der Waals surface area contributed by atoms with Crippen LogP contribution in [-0.4, -0.2) is 24.4 Å². The van der Waals surface area contributed by atoms with Gasteiger partial charge in [0.25, 0.3) is 5.91 Å². The molecule has 0 aromatic heterocycles. The van der Waals surface area contributed by atoms with E-state index in [0.717, 1.165) is 19.3 Å². The van der Waals surface area contributed by atoms with Crippen LogP contribution in [0.25, 0.3) is 0 Å². The van der Waals surface area contributed by atoms with Crippen LogP contribution in [0.15, 0.2) is 24.3 Å². The first-order valence-corrected chi connectivity index (χ1v) is 7.84. The number of hydrogen-bond donors (Lipinski definition) is 1. The molecule has 0 aliphatic heterocycles. The van der Waals surface area contributed by atoms with Crippen LogP contribution in [0, 0.1) is 5.92 Å². The van der Waals surface area contributed by atoms with Crippen molar-refractivity contribution in [3.05, 3.63) is 29.3 Å². The first-order chi connectivity index (χ1) is 9.69. The van der Waals surface area contributed by atoms with Gasteiger partial charge in [0.15, 0.2) is 6.61 Å². The van der Waals surface area contributed by atoms with Crippen LogP contribution >= 0.6 is 23.2 Å². The average Bonchev–Trinajstić information content (AvgIpc) is 2.46. The number of benzene rings is 1. The number of alkyl halides is 1. The van der Waals surface area contributed by atoms with E-state index in [4.69, 9.17) is 27.9 Å². The van der Waals surface area contributed by atoms with Crippen molar-refractivity contribution in [3.8, 4) is 5.75 Å². The molecule has 0 spiro atoms. The topological polar surface area (TPSA) is 38.3 Å². The van der Waals surface area contributed by atoms with E-state index in [1.807, 2.05) is 0 Å². The fourth-order valence-corrected chi connectivity index (χ4v) is 3.09. The fourth-order valence-electron chi connectivity index (χ4n) is 2.54. The Balaban J connectivity index is 1.80. The highest BCUT2D eigenvalue weighted by molar-refractivity contribution is 6.30. The lowest BCUT2D eigenvalue weighted by atomic mass is 9.86. The number of hydrogen-bond acceptors (Lipinski definition) is 2. The van der Waals surface area contributed by atoms with Gasteiger partial charge in [0.05, 0.1) is 0 Å². The normalized spacial score (nSPS) is 22.3. The summed E-state index contributed by atoms with van der Waals surface area (Å²) in [5.41, 5.74) is 0. The summed E-state index contributed by atoms with van der Waals surface area (Å²) in [4.78, 5) is 11.9. The quantitative estimate of drug-likeness (QED) is 0.843. The van der Waals surface area contributed by atoms with Gasteiger partial charge in [0, 0.05) is 16.9 Å². The highest BCUT2D eigenvalue weighted by Gasteiger charge is 2.25. The summed E-state index contributed by atoms with van der Waals surface area (Å²) in [7, 11) is 0. The number of carbonyl (C=O) groups excluding carboxylic acids is 1. The maximum atomic E-state index is 11.9. The number of nitrogens with one attached hydrogen (secondary N) is 1. The van der Waals surface area contributed by atoms with Crippen molar-refractivity contribution < 1.29 is 9.53 Å². The van der Waals surface area contributed by atoms with Gasteiger partial charge in [-0.25, -0.2) is 0 Å². The van der Waals surface area contributed by atoms with Crippen LogP contribution in [-0.2, 0) is 4.79 Å². The minimum atomic E-state index is -0.105. The second-order valence-corrected chi connectivity index (χ2v) is 5.86. The molecule has 0 bridgehead atoms. The predicted molar refractivity (Wildman–Crippen MR) is 81.6 cm³/mol. The summed E-state index contributed by atoms with van der Waals surface area (Å²) in [5, 5.41) is 3.62. The van der Waals surface area contributed by atoms with Crippen LogP contribution < -0.4 is 10.1 Å². The smallest absolute Gasteiger partial charge is 0.258 e. The second-order valence-electron chi connectivity index (χ2n) is 5.12. The van der Waals surface area contributed by atoms with Gasteiger partial charge in [-0.3, -0.25) is 4.79 Å². The zero-order valence-corrected chi connectivity index (χ0v) is 12.8. The van der Waals surface area contributed by atoms with Crippen molar-refractivity contribution in [3.63, 3.8) is 0 Å². The predicted octanol–water partition coefficient (Wildman–Crippen LogP) is 3.63. The maximum absolute atomic E-state index is 11.9. The van der Waals surface area contributed by atoms with E-state index in [-0.39, 0.29) is 18.6 Å². The first-order valence-electron chi connectivity index (χ1n) is 6.92. The molecule has 1 aromatic rings. The highest BCUT2D eigenvalue weighted by Crippen LogP contribution is 2.25. The van der Waals surface area contributed by atoms with E-state index < -0.39 is 0 Å². The molecule has 3 nitrogen and oxygen atoms in total. The van der Waals surface area contributed by atoms with Crippen molar-refractivity contribution in [2.45, 2.75) is 31.7 Å². The second kappa shape index (κ2) is 7.75. The molecule has 0 radical (unpaired) electrons. The van der Waals surface area contributed by atoms with Gasteiger partial charge >= 0.3 is 0 Å². The van der Waals surface area contributed by atoms with Crippen LogP contribution in [0.4, 0.5) is 0 Å². The summed E-state index contributed by atoms with van der Waals surface area (Å²) in [5.74, 6) is 1.47. The molecule has 2 rings (SSSR count). The third kappa shape index (κ3) is 4.57. The van der Waals surface area contributed by atoms with E-state index in [1.54, 1.807) is 24.3 Å². The Morgan fingerprint density at radius 1 is 1.35 bits per heavy atom. The Morgan fingerprint density at radius 2 is 2.15 bits per heavy atom. The van der Waals surface area contributed by atoms with Gasteiger partial charge in [0.1, 0.15) is 5.75 Å². The summed E-state index contributed by atoms with van der Waals surface area (Å²) in [6.45, 7) is 0.00580. The van der Waals surface area contributed by atoms with Gasteiger partial charge in [-0.1, -0.05) is 30.5 Å². The lowest BCUT2D eigenvalue weighted by molar-refractivity contribution is -0.124. The molecule has 2 unspecified atom stereocenters. The van der Waals surface area contributed by atoms with E-state index >= 15 is 0 Å². The molecule has 20 heavy (non-hydrogen) atoms. The van der Waals surface area contributed by atoms with Crippen molar-refractivity contribution in [2.75, 3.05) is 12.5 Å². The summed E-state index contributed by atoms with van der Waals surface area (Å²) in [6.07, 6.45) is 4.43. The zero-order valence-electron chi connectivity index (χ0n) is 11.3. The van der Waals surface area contributed by atoms with Crippen molar-refractivity contribution in [2.24, 2.45) is 5.92 Å². The molecule has 2 atom stereocenters. The molecule has 1 fully saturated rings. The average molecular weight is 316 g/mol. The van der Waals surface area contributed by atoms with Crippen molar-refractivity contribution >= 4 is 29.1 Å². The van der Waals surface area contributed by atoms with Gasteiger partial charge in [-0.15, -0.1) is 11.6 Å². The number of ether oxygens (including phenoxy) is 1. The lowest BCUT2D eigenvalue weighted by Crippen LogP contribution is -2.44. The molecular formula is C15H19Cl2NO2. The number of rotatable bonds is 5. The largest absolute Gasteiger partial charge is 0.484 e. The molecule has 1 aliphatic carbocycles. The molecule has 110 valence electrons. The Bertz CT molecular complexity index is 453. The Labute approximate surface area is 129 Å². The molecule has 0 heterocycles. The third-order valence-electron chi connectivity index (χ3n) is 3.62. The summed E-state index contributed by atoms with van der Waals surface area (Å²) < 4.78 is 5.43. The molecule has 1 aromatic carbocycles. The van der Waals surface area contributed by atoms with Gasteiger partial charge in [0.2, 0.25) is 0 Å². The number of halogens is 2. The van der Waals surface area contributed by atoms with Crippen LogP contribution in [0.1, 0.15) is 25.7 Å². The Morgan fingerprint density at radius 3 is 2.90 bits per heavy atom. The zero-order chi connectivity index (χ0) is 14.4. The number of carbonyl (C=O) groups is 1. The van der Waals surface area contributed by atoms with Crippen LogP contribution in [0.3, 0.4) is 0 Å². The van der Waals surface area contributed by atoms with E-state index in [9.17, 15) is 4.79 Å². The SMILES string of the molecule is O=C(COc1cccc(Cl)c1)NC1CCCCC1CCl. The first kappa shape index (κ1) is 15.5. The molecule has 1 amide bonds. The molecule has 1 N–H and O–H groups in total. The van der Waals surface area contributed by atoms with Crippen LogP contribution in [0.5, 0.6) is 5.75 Å². The maximum Gasteiger partial charge on any atom is 0.258 e. The summed E-state index contributed by atoms with van der Waals surface area (Å²) in [6, 6.07) is 7.21. The minimum Gasteiger partial charge on any atom is -0.484 e. The van der Waals surface area contributed by atoms with E-state index in [0.29, 0.717) is 22.6 Å². The van der Waals surface area contributed by atoms with Gasteiger partial charge < -0.3 is 10.1 Å². The third-order valence-corrected chi connectivity index (χ3v) is 4.25. The monoisotopic (exact) mass is 315 g/mol. The van der Waals surface area contributed by atoms with Crippen molar-refractivity contribution in [1.29, 1.82) is 0 Å². The fraction of sp³-hybridized carbons (Fsp3) is 0.533. The minimum absolute atomic E-state index is 0.00580. The Kier molecular flexibility index (Phi) is 5.99. The van der Waals surface area contributed by atoms with Crippen molar-refractivity contribution in [1.82, 2.24) is 5.32 Å². The van der Waals surface area contributed by atoms with Crippen LogP contribution in [0.2, 0.25) is 5.02 Å². The summed E-state index contributed by atoms with van der Waals surface area (Å²) >= 11 is 11.8. The standard InChI is InChI=1S/C15H19Cl2NO2/c16-9-11-4-1-2-7-14(11)18-15(19)10-20-13-6-3-5-12(17)8-13/h3,5-6,8,11,14H,1-2,4,7,9-10H2,(H,18,19). The Hall–Kier alpha value is -0.930. The van der Waals surface area contributed by atoms with Gasteiger partial charge in [-0.05, 0) is 37.0 Å². The van der Waals surface area contributed by atoms with E-state index in [2.05, 4.69) is 5.32 Å². The molecular weight excluding hydrogens is 297 g/mol. The molecule has 1 aliphatic rings. The van der Waals surface area contributed by atoms with Gasteiger partial charge in [-0.2, -0.15) is 0 Å². The molecule has 0 saturated heterocycles. The molecule has 5 heteroatoms. The lowest BCUT2D eigenvalue weighted by Gasteiger charge is -2.30. The van der Waals surface area contributed by atoms with E-state index in [1.165, 1.54) is 6.42 Å². The molecule has 1 saturated carbocycles.